The lowest BCUT2D eigenvalue weighted by Crippen LogP contribution is -2.25. The number of hydrogen-bond acceptors (Lipinski definition) is 4. The van der Waals surface area contributed by atoms with Gasteiger partial charge in [0, 0.05) is 37.2 Å². The van der Waals surface area contributed by atoms with Gasteiger partial charge in [-0.15, -0.1) is 0 Å². The monoisotopic (exact) mass is 314 g/mol. The Kier molecular flexibility index (Phi) is 4.43. The molecule has 2 aromatic rings. The van der Waals surface area contributed by atoms with Crippen LogP contribution < -0.4 is 0 Å². The second kappa shape index (κ2) is 6.48. The van der Waals surface area contributed by atoms with E-state index in [1.54, 1.807) is 6.92 Å². The zero-order valence-electron chi connectivity index (χ0n) is 12.5. The lowest BCUT2D eigenvalue weighted by Gasteiger charge is -2.16. The maximum Gasteiger partial charge on any atom is 0.223 e. The van der Waals surface area contributed by atoms with Crippen LogP contribution in [0.3, 0.4) is 0 Å². The second-order valence-corrected chi connectivity index (χ2v) is 6.87. The first kappa shape index (κ1) is 15.0. The third kappa shape index (κ3) is 3.47. The molecule has 1 atom stereocenters. The van der Waals surface area contributed by atoms with E-state index in [0.717, 1.165) is 22.2 Å². The molecule has 0 spiro atoms. The maximum absolute atomic E-state index is 12.1. The number of carbonyl (C=O) groups excluding carboxylic acids is 2. The Labute approximate surface area is 133 Å². The van der Waals surface area contributed by atoms with Crippen LogP contribution in [0.15, 0.2) is 36.5 Å². The van der Waals surface area contributed by atoms with Crippen LogP contribution in [0.5, 0.6) is 0 Å². The van der Waals surface area contributed by atoms with Crippen LogP contribution in [-0.4, -0.2) is 33.2 Å². The minimum Gasteiger partial charge on any atom is -0.336 e. The van der Waals surface area contributed by atoms with Gasteiger partial charge in [-0.1, -0.05) is 36.0 Å². The number of pyridine rings is 1. The topological polar surface area (TPSA) is 50.3 Å². The highest BCUT2D eigenvalue weighted by Crippen LogP contribution is 2.24. The van der Waals surface area contributed by atoms with Crippen molar-refractivity contribution in [1.29, 1.82) is 0 Å². The zero-order chi connectivity index (χ0) is 15.5. The fourth-order valence-electron chi connectivity index (χ4n) is 2.76. The first-order valence-corrected chi connectivity index (χ1v) is 8.35. The van der Waals surface area contributed by atoms with Crippen molar-refractivity contribution in [3.05, 3.63) is 42.2 Å². The fourth-order valence-corrected chi connectivity index (χ4v) is 3.46. The van der Waals surface area contributed by atoms with Gasteiger partial charge in [0.15, 0.2) is 5.12 Å². The smallest absolute Gasteiger partial charge is 0.223 e. The van der Waals surface area contributed by atoms with Gasteiger partial charge in [-0.2, -0.15) is 0 Å². The molecule has 1 unspecified atom stereocenters. The number of rotatable bonds is 4. The minimum atomic E-state index is 0.113. The molecule has 114 valence electrons. The van der Waals surface area contributed by atoms with E-state index in [1.165, 1.54) is 11.8 Å². The van der Waals surface area contributed by atoms with Crippen molar-refractivity contribution in [2.45, 2.75) is 19.9 Å². The summed E-state index contributed by atoms with van der Waals surface area (Å²) in [5.41, 5.74) is 0.909. The van der Waals surface area contributed by atoms with Crippen LogP contribution >= 0.6 is 11.8 Å². The molecule has 4 nitrogen and oxygen atoms in total. The van der Waals surface area contributed by atoms with Gasteiger partial charge in [-0.05, 0) is 17.4 Å². The molecule has 1 amide bonds. The van der Waals surface area contributed by atoms with E-state index >= 15 is 0 Å². The van der Waals surface area contributed by atoms with Crippen LogP contribution in [0, 0.1) is 5.92 Å². The number of likely N-dealkylation sites (tertiary alicyclic amines) is 1. The molecule has 1 aromatic heterocycles. The van der Waals surface area contributed by atoms with Crippen molar-refractivity contribution in [3.8, 4) is 0 Å². The highest BCUT2D eigenvalue weighted by atomic mass is 32.2. The Bertz CT molecular complexity index is 717. The fraction of sp³-hybridized carbons (Fsp3) is 0.353. The first-order valence-electron chi connectivity index (χ1n) is 7.36. The van der Waals surface area contributed by atoms with Gasteiger partial charge < -0.3 is 4.90 Å². The number of benzene rings is 1. The number of carbonyl (C=O) groups is 2. The zero-order valence-corrected chi connectivity index (χ0v) is 13.3. The van der Waals surface area contributed by atoms with E-state index in [2.05, 4.69) is 11.1 Å². The van der Waals surface area contributed by atoms with Gasteiger partial charge in [0.05, 0.1) is 12.2 Å². The van der Waals surface area contributed by atoms with Crippen molar-refractivity contribution in [1.82, 2.24) is 9.88 Å². The molecule has 1 saturated heterocycles. The van der Waals surface area contributed by atoms with Gasteiger partial charge >= 0.3 is 0 Å². The second-order valence-electron chi connectivity index (χ2n) is 5.67. The molecule has 0 N–H and O–H groups in total. The molecular weight excluding hydrogens is 296 g/mol. The lowest BCUT2D eigenvalue weighted by molar-refractivity contribution is -0.128. The highest BCUT2D eigenvalue weighted by molar-refractivity contribution is 8.13. The van der Waals surface area contributed by atoms with Crippen LogP contribution in [0.2, 0.25) is 0 Å². The van der Waals surface area contributed by atoms with Crippen molar-refractivity contribution in [3.63, 3.8) is 0 Å². The Morgan fingerprint density at radius 3 is 2.91 bits per heavy atom. The third-order valence-corrected chi connectivity index (χ3v) is 4.90. The average Bonchev–Trinajstić information content (AvgIpc) is 2.85. The van der Waals surface area contributed by atoms with Crippen LogP contribution in [0.4, 0.5) is 0 Å². The first-order chi connectivity index (χ1) is 10.6. The molecule has 1 fully saturated rings. The van der Waals surface area contributed by atoms with Crippen LogP contribution in [0.25, 0.3) is 10.8 Å². The molecule has 22 heavy (non-hydrogen) atoms. The molecule has 0 radical (unpaired) electrons. The summed E-state index contributed by atoms with van der Waals surface area (Å²) in [4.78, 5) is 29.4. The Morgan fingerprint density at radius 2 is 2.14 bits per heavy atom. The van der Waals surface area contributed by atoms with E-state index < -0.39 is 0 Å². The van der Waals surface area contributed by atoms with Crippen LogP contribution in [-0.2, 0) is 16.1 Å². The SMILES string of the molecule is CC(=O)SCC1CC(=O)N(Cc2cc3ccccc3cn2)C1. The minimum absolute atomic E-state index is 0.113. The van der Waals surface area contributed by atoms with Gasteiger partial charge in [0.1, 0.15) is 0 Å². The summed E-state index contributed by atoms with van der Waals surface area (Å²) in [6.07, 6.45) is 2.39. The van der Waals surface area contributed by atoms with Gasteiger partial charge in [-0.25, -0.2) is 0 Å². The molecule has 5 heteroatoms. The summed E-state index contributed by atoms with van der Waals surface area (Å²) < 4.78 is 0. The summed E-state index contributed by atoms with van der Waals surface area (Å²) in [6, 6.07) is 10.1. The van der Waals surface area contributed by atoms with Crippen molar-refractivity contribution in [2.24, 2.45) is 5.92 Å². The van der Waals surface area contributed by atoms with Crippen molar-refractivity contribution in [2.75, 3.05) is 12.3 Å². The van der Waals surface area contributed by atoms with E-state index in [-0.39, 0.29) is 16.9 Å². The molecule has 1 aliphatic heterocycles. The number of amides is 1. The van der Waals surface area contributed by atoms with Gasteiger partial charge in [0.2, 0.25) is 5.91 Å². The standard InChI is InChI=1S/C17H18N2O2S/c1-12(20)22-11-13-6-17(21)19(9-13)10-16-7-14-4-2-3-5-15(14)8-18-16/h2-5,7-8,13H,6,9-11H2,1H3. The number of fused-ring (bicyclic) bond motifs is 1. The number of nitrogens with zero attached hydrogens (tertiary/aromatic N) is 2. The quantitative estimate of drug-likeness (QED) is 0.871. The van der Waals surface area contributed by atoms with E-state index in [4.69, 9.17) is 0 Å². The van der Waals surface area contributed by atoms with Gasteiger partial charge in [0.25, 0.3) is 0 Å². The molecule has 2 heterocycles. The molecular formula is C17H18N2O2S. The summed E-state index contributed by atoms with van der Waals surface area (Å²) in [5.74, 6) is 1.15. The molecule has 1 aromatic carbocycles. The normalized spacial score (nSPS) is 18.1. The summed E-state index contributed by atoms with van der Waals surface area (Å²) in [6.45, 7) is 2.83. The summed E-state index contributed by atoms with van der Waals surface area (Å²) >= 11 is 1.31. The number of thioether (sulfide) groups is 1. The lowest BCUT2D eigenvalue weighted by atomic mass is 10.1. The van der Waals surface area contributed by atoms with Crippen molar-refractivity contribution < 1.29 is 9.59 Å². The van der Waals surface area contributed by atoms with E-state index in [0.29, 0.717) is 19.5 Å². The Morgan fingerprint density at radius 1 is 1.36 bits per heavy atom. The van der Waals surface area contributed by atoms with E-state index in [1.807, 2.05) is 35.4 Å². The molecule has 0 bridgehead atoms. The predicted molar refractivity (Wildman–Crippen MR) is 88.4 cm³/mol. The maximum atomic E-state index is 12.1. The van der Waals surface area contributed by atoms with E-state index in [9.17, 15) is 9.59 Å². The van der Waals surface area contributed by atoms with Crippen LogP contribution in [0.1, 0.15) is 19.0 Å². The molecule has 0 saturated carbocycles. The summed E-state index contributed by atoms with van der Waals surface area (Å²) in [7, 11) is 0. The highest BCUT2D eigenvalue weighted by Gasteiger charge is 2.29. The number of hydrogen-bond donors (Lipinski definition) is 0. The predicted octanol–water partition coefficient (Wildman–Crippen LogP) is 2.86. The number of aromatic nitrogens is 1. The average molecular weight is 314 g/mol. The molecule has 3 rings (SSSR count). The summed E-state index contributed by atoms with van der Waals surface area (Å²) in [5, 5.41) is 2.36. The Hall–Kier alpha value is -1.88. The largest absolute Gasteiger partial charge is 0.336 e. The van der Waals surface area contributed by atoms with Gasteiger partial charge in [-0.3, -0.25) is 14.6 Å². The molecule has 1 aliphatic rings. The Balaban J connectivity index is 1.66. The molecule has 0 aliphatic carbocycles. The van der Waals surface area contributed by atoms with Crippen molar-refractivity contribution >= 4 is 33.6 Å². The third-order valence-electron chi connectivity index (χ3n) is 3.86.